The van der Waals surface area contributed by atoms with Crippen molar-refractivity contribution < 1.29 is 14.6 Å². The van der Waals surface area contributed by atoms with Gasteiger partial charge in [-0.1, -0.05) is 6.07 Å². The van der Waals surface area contributed by atoms with Crippen LogP contribution in [-0.2, 0) is 6.42 Å². The molecule has 0 spiro atoms. The van der Waals surface area contributed by atoms with Gasteiger partial charge in [-0.2, -0.15) is 0 Å². The second-order valence-corrected chi connectivity index (χ2v) is 2.76. The lowest BCUT2D eigenvalue weighted by atomic mass is 10.1. The molecular weight excluding hydrogens is 173 g/mol. The van der Waals surface area contributed by atoms with Gasteiger partial charge in [0.2, 0.25) is 0 Å². The Balaban J connectivity index is 2.90. The Morgan fingerprint density at radius 2 is 2.00 bits per heavy atom. The van der Waals surface area contributed by atoms with Crippen molar-refractivity contribution in [1.82, 2.24) is 5.32 Å². The minimum atomic E-state index is -0.800. The van der Waals surface area contributed by atoms with Crippen molar-refractivity contribution in [2.24, 2.45) is 0 Å². The van der Waals surface area contributed by atoms with Gasteiger partial charge in [-0.15, -0.1) is 0 Å². The maximum Gasteiger partial charge on any atom is 0.194 e. The third-order valence-electron chi connectivity index (χ3n) is 1.83. The molecule has 0 atom stereocenters. The first-order valence-corrected chi connectivity index (χ1v) is 4.00. The van der Waals surface area contributed by atoms with E-state index in [1.807, 2.05) is 0 Å². The van der Waals surface area contributed by atoms with Gasteiger partial charge in [-0.25, -0.2) is 4.39 Å². The summed E-state index contributed by atoms with van der Waals surface area (Å²) in [6, 6.07) is 2.60. The summed E-state index contributed by atoms with van der Waals surface area (Å²) < 4.78 is 12.7. The molecule has 0 heterocycles. The number of halogens is 1. The summed E-state index contributed by atoms with van der Waals surface area (Å²) in [4.78, 5) is 0. The van der Waals surface area contributed by atoms with Crippen molar-refractivity contribution >= 4 is 0 Å². The molecule has 1 aromatic carbocycles. The van der Waals surface area contributed by atoms with Gasteiger partial charge in [0.15, 0.2) is 17.3 Å². The number of likely N-dealkylation sites (N-methyl/N-ethyl adjacent to an activating group) is 1. The highest BCUT2D eigenvalue weighted by molar-refractivity contribution is 5.45. The normalized spacial score (nSPS) is 10.3. The molecule has 1 rings (SSSR count). The van der Waals surface area contributed by atoms with E-state index in [4.69, 9.17) is 5.11 Å². The van der Waals surface area contributed by atoms with Crippen LogP contribution in [0, 0.1) is 5.82 Å². The van der Waals surface area contributed by atoms with Crippen molar-refractivity contribution in [3.8, 4) is 11.5 Å². The molecule has 0 aliphatic heterocycles. The molecule has 72 valence electrons. The van der Waals surface area contributed by atoms with Crippen LogP contribution in [0.4, 0.5) is 4.39 Å². The van der Waals surface area contributed by atoms with Crippen molar-refractivity contribution in [2.45, 2.75) is 6.42 Å². The zero-order chi connectivity index (χ0) is 9.84. The van der Waals surface area contributed by atoms with Crippen LogP contribution in [0.1, 0.15) is 5.56 Å². The van der Waals surface area contributed by atoms with Crippen LogP contribution < -0.4 is 5.32 Å². The molecule has 1 aromatic rings. The van der Waals surface area contributed by atoms with Crippen molar-refractivity contribution in [3.63, 3.8) is 0 Å². The minimum Gasteiger partial charge on any atom is -0.504 e. The predicted octanol–water partition coefficient (Wildman–Crippen LogP) is 0.999. The lowest BCUT2D eigenvalue weighted by molar-refractivity contribution is 0.375. The van der Waals surface area contributed by atoms with Crippen LogP contribution in [0.5, 0.6) is 11.5 Å². The molecule has 0 aliphatic carbocycles. The fourth-order valence-electron chi connectivity index (χ4n) is 1.06. The lowest BCUT2D eigenvalue weighted by Crippen LogP contribution is -2.10. The molecule has 3 N–H and O–H groups in total. The van der Waals surface area contributed by atoms with Crippen LogP contribution in [0.15, 0.2) is 12.1 Å². The third-order valence-corrected chi connectivity index (χ3v) is 1.83. The summed E-state index contributed by atoms with van der Waals surface area (Å²) in [5.41, 5.74) is 0.535. The first-order chi connectivity index (χ1) is 6.16. The number of benzene rings is 1. The Labute approximate surface area is 75.8 Å². The Morgan fingerprint density at radius 3 is 2.62 bits per heavy atom. The van der Waals surface area contributed by atoms with Crippen LogP contribution >= 0.6 is 0 Å². The number of phenols is 2. The van der Waals surface area contributed by atoms with Crippen molar-refractivity contribution in [2.75, 3.05) is 13.6 Å². The van der Waals surface area contributed by atoms with E-state index in [0.717, 1.165) is 6.07 Å². The largest absolute Gasteiger partial charge is 0.504 e. The van der Waals surface area contributed by atoms with Gasteiger partial charge in [0, 0.05) is 0 Å². The molecule has 3 nitrogen and oxygen atoms in total. The SMILES string of the molecule is CNCCc1ccc(F)c(O)c1O. The second kappa shape index (κ2) is 4.09. The Bertz CT molecular complexity index is 302. The van der Waals surface area contributed by atoms with E-state index in [-0.39, 0.29) is 5.75 Å². The van der Waals surface area contributed by atoms with Crippen molar-refractivity contribution in [3.05, 3.63) is 23.5 Å². The molecule has 0 aliphatic rings. The van der Waals surface area contributed by atoms with Crippen LogP contribution in [0.3, 0.4) is 0 Å². The first kappa shape index (κ1) is 9.80. The van der Waals surface area contributed by atoms with Gasteiger partial charge in [0.25, 0.3) is 0 Å². The fourth-order valence-corrected chi connectivity index (χ4v) is 1.06. The van der Waals surface area contributed by atoms with Gasteiger partial charge in [-0.3, -0.25) is 0 Å². The third kappa shape index (κ3) is 2.09. The van der Waals surface area contributed by atoms with E-state index >= 15 is 0 Å². The second-order valence-electron chi connectivity index (χ2n) is 2.76. The van der Waals surface area contributed by atoms with Gasteiger partial charge < -0.3 is 15.5 Å². The Morgan fingerprint density at radius 1 is 1.31 bits per heavy atom. The number of hydrogen-bond acceptors (Lipinski definition) is 3. The highest BCUT2D eigenvalue weighted by Gasteiger charge is 2.10. The Hall–Kier alpha value is -1.29. The molecule has 0 saturated heterocycles. The van der Waals surface area contributed by atoms with Gasteiger partial charge in [0.05, 0.1) is 0 Å². The lowest BCUT2D eigenvalue weighted by Gasteiger charge is -2.05. The van der Waals surface area contributed by atoms with Crippen LogP contribution in [-0.4, -0.2) is 23.8 Å². The molecular formula is C9H12FNO2. The molecule has 0 radical (unpaired) electrons. The number of nitrogens with one attached hydrogen (secondary N) is 1. The highest BCUT2D eigenvalue weighted by Crippen LogP contribution is 2.31. The average molecular weight is 185 g/mol. The average Bonchev–Trinajstić information content (AvgIpc) is 2.13. The number of aromatic hydroxyl groups is 2. The summed E-state index contributed by atoms with van der Waals surface area (Å²) in [6.07, 6.45) is 0.552. The van der Waals surface area contributed by atoms with E-state index < -0.39 is 11.6 Å². The Kier molecular flexibility index (Phi) is 3.08. The molecule has 0 amide bonds. The number of phenolic OH excluding ortho intramolecular Hbond substituents is 2. The highest BCUT2D eigenvalue weighted by atomic mass is 19.1. The number of hydrogen-bond donors (Lipinski definition) is 3. The summed E-state index contributed by atoms with van der Waals surface area (Å²) in [6.45, 7) is 0.665. The molecule has 4 heteroatoms. The summed E-state index contributed by atoms with van der Waals surface area (Å²) in [5, 5.41) is 21.2. The topological polar surface area (TPSA) is 52.5 Å². The summed E-state index contributed by atoms with van der Waals surface area (Å²) in [7, 11) is 1.78. The van der Waals surface area contributed by atoms with E-state index in [2.05, 4.69) is 5.32 Å². The molecule has 13 heavy (non-hydrogen) atoms. The molecule has 0 fully saturated rings. The maximum absolute atomic E-state index is 12.7. The monoisotopic (exact) mass is 185 g/mol. The quantitative estimate of drug-likeness (QED) is 0.616. The van der Waals surface area contributed by atoms with E-state index in [9.17, 15) is 9.50 Å². The number of rotatable bonds is 3. The van der Waals surface area contributed by atoms with Crippen LogP contribution in [0.2, 0.25) is 0 Å². The van der Waals surface area contributed by atoms with E-state index in [0.29, 0.717) is 18.5 Å². The maximum atomic E-state index is 12.7. The van der Waals surface area contributed by atoms with Crippen LogP contribution in [0.25, 0.3) is 0 Å². The van der Waals surface area contributed by atoms with Gasteiger partial charge in [-0.05, 0) is 31.6 Å². The predicted molar refractivity (Wildman–Crippen MR) is 47.4 cm³/mol. The summed E-state index contributed by atoms with van der Waals surface area (Å²) >= 11 is 0. The molecule has 0 aromatic heterocycles. The zero-order valence-electron chi connectivity index (χ0n) is 7.34. The van der Waals surface area contributed by atoms with E-state index in [1.54, 1.807) is 7.05 Å². The minimum absolute atomic E-state index is 0.366. The summed E-state index contributed by atoms with van der Waals surface area (Å²) in [5.74, 6) is -1.84. The van der Waals surface area contributed by atoms with Gasteiger partial charge >= 0.3 is 0 Å². The molecule has 0 unspecified atom stereocenters. The smallest absolute Gasteiger partial charge is 0.194 e. The van der Waals surface area contributed by atoms with Gasteiger partial charge in [0.1, 0.15) is 0 Å². The molecule has 0 saturated carbocycles. The van der Waals surface area contributed by atoms with E-state index in [1.165, 1.54) is 6.07 Å². The standard InChI is InChI=1S/C9H12FNO2/c1-11-5-4-6-2-3-7(10)9(13)8(6)12/h2-3,11-13H,4-5H2,1H3. The van der Waals surface area contributed by atoms with Crippen molar-refractivity contribution in [1.29, 1.82) is 0 Å². The fraction of sp³-hybridized carbons (Fsp3) is 0.333. The molecule has 0 bridgehead atoms. The zero-order valence-corrected chi connectivity index (χ0v) is 7.34. The first-order valence-electron chi connectivity index (χ1n) is 4.00.